The molecule has 114 valence electrons. The number of hydrogen-bond acceptors (Lipinski definition) is 2. The van der Waals surface area contributed by atoms with Gasteiger partial charge < -0.3 is 9.73 Å². The number of halogens is 1. The highest BCUT2D eigenvalue weighted by Gasteiger charge is 2.31. The second-order valence-corrected chi connectivity index (χ2v) is 6.34. The smallest absolute Gasteiger partial charge is 0.135 e. The van der Waals surface area contributed by atoms with E-state index < -0.39 is 0 Å². The van der Waals surface area contributed by atoms with Crippen molar-refractivity contribution >= 4 is 15.9 Å². The number of hydrogen-bond donors (Lipinski definition) is 1. The number of furan rings is 1. The van der Waals surface area contributed by atoms with Crippen molar-refractivity contribution in [2.75, 3.05) is 6.54 Å². The summed E-state index contributed by atoms with van der Waals surface area (Å²) < 4.78 is 6.81. The molecule has 0 radical (unpaired) electrons. The van der Waals surface area contributed by atoms with Crippen molar-refractivity contribution in [1.82, 2.24) is 5.32 Å². The molecular formula is C18H24BrNO. The maximum atomic E-state index is 5.77. The van der Waals surface area contributed by atoms with Crippen LogP contribution >= 0.6 is 15.9 Å². The fourth-order valence-corrected chi connectivity index (χ4v) is 3.36. The van der Waals surface area contributed by atoms with Gasteiger partial charge in [0.1, 0.15) is 5.76 Å². The van der Waals surface area contributed by atoms with Crippen molar-refractivity contribution in [3.8, 4) is 0 Å². The van der Waals surface area contributed by atoms with E-state index >= 15 is 0 Å². The largest absolute Gasteiger partial charge is 0.466 e. The van der Waals surface area contributed by atoms with Crippen LogP contribution < -0.4 is 5.32 Å². The number of nitrogens with one attached hydrogen (secondary N) is 1. The van der Waals surface area contributed by atoms with Crippen molar-refractivity contribution in [3.05, 3.63) is 58.5 Å². The molecule has 1 aromatic heterocycles. The summed E-state index contributed by atoms with van der Waals surface area (Å²) in [7, 11) is 0. The summed E-state index contributed by atoms with van der Waals surface area (Å²) >= 11 is 3.62. The molecule has 0 aliphatic rings. The molecule has 0 aliphatic heterocycles. The predicted molar refractivity (Wildman–Crippen MR) is 91.5 cm³/mol. The summed E-state index contributed by atoms with van der Waals surface area (Å²) in [6.07, 6.45) is 2.89. The summed E-state index contributed by atoms with van der Waals surface area (Å²) in [5, 5.41) is 3.62. The molecule has 2 nitrogen and oxygen atoms in total. The van der Waals surface area contributed by atoms with Crippen LogP contribution in [0.1, 0.15) is 50.5 Å². The van der Waals surface area contributed by atoms with Gasteiger partial charge in [0.25, 0.3) is 0 Å². The van der Waals surface area contributed by atoms with Crippen LogP contribution in [0.15, 0.2) is 51.6 Å². The van der Waals surface area contributed by atoms with E-state index in [0.29, 0.717) is 11.8 Å². The minimum absolute atomic E-state index is 0.178. The lowest BCUT2D eigenvalue weighted by Crippen LogP contribution is -2.30. The van der Waals surface area contributed by atoms with Gasteiger partial charge >= 0.3 is 0 Å². The van der Waals surface area contributed by atoms with Gasteiger partial charge in [0, 0.05) is 5.92 Å². The molecule has 0 spiro atoms. The van der Waals surface area contributed by atoms with Crippen molar-refractivity contribution in [2.45, 2.75) is 39.2 Å². The normalized spacial score (nSPS) is 15.6. The van der Waals surface area contributed by atoms with Crippen LogP contribution in [0.4, 0.5) is 0 Å². The minimum Gasteiger partial charge on any atom is -0.466 e. The monoisotopic (exact) mass is 349 g/mol. The zero-order valence-electron chi connectivity index (χ0n) is 13.0. The van der Waals surface area contributed by atoms with Gasteiger partial charge in [0.2, 0.25) is 0 Å². The highest BCUT2D eigenvalue weighted by Crippen LogP contribution is 2.40. The van der Waals surface area contributed by atoms with Gasteiger partial charge in [-0.25, -0.2) is 0 Å². The maximum Gasteiger partial charge on any atom is 0.135 e. The molecule has 0 saturated heterocycles. The van der Waals surface area contributed by atoms with Crippen LogP contribution in [0.3, 0.4) is 0 Å². The number of benzene rings is 1. The average molecular weight is 350 g/mol. The van der Waals surface area contributed by atoms with E-state index in [2.05, 4.69) is 72.3 Å². The Kier molecular flexibility index (Phi) is 6.07. The van der Waals surface area contributed by atoms with Gasteiger partial charge in [-0.05, 0) is 40.0 Å². The summed E-state index contributed by atoms with van der Waals surface area (Å²) in [5.74, 6) is 1.94. The first-order chi connectivity index (χ1) is 10.2. The van der Waals surface area contributed by atoms with Crippen LogP contribution in [0.2, 0.25) is 0 Å². The third-order valence-electron chi connectivity index (χ3n) is 4.15. The molecule has 3 heteroatoms. The molecule has 21 heavy (non-hydrogen) atoms. The summed E-state index contributed by atoms with van der Waals surface area (Å²) in [5.41, 5.74) is 1.36. The van der Waals surface area contributed by atoms with Crippen molar-refractivity contribution < 1.29 is 4.42 Å². The van der Waals surface area contributed by atoms with Gasteiger partial charge in [-0.1, -0.05) is 57.5 Å². The first-order valence-electron chi connectivity index (χ1n) is 7.70. The van der Waals surface area contributed by atoms with E-state index in [1.807, 2.05) is 6.07 Å². The van der Waals surface area contributed by atoms with E-state index in [-0.39, 0.29) is 6.04 Å². The topological polar surface area (TPSA) is 25.2 Å². The van der Waals surface area contributed by atoms with E-state index in [4.69, 9.17) is 4.42 Å². The molecule has 0 bridgehead atoms. The molecule has 3 atom stereocenters. The number of likely N-dealkylation sites (N-methyl/N-ethyl adjacent to an activating group) is 1. The molecule has 2 rings (SSSR count). The Morgan fingerprint density at radius 2 is 1.86 bits per heavy atom. The van der Waals surface area contributed by atoms with Crippen LogP contribution in [0.25, 0.3) is 0 Å². The number of rotatable bonds is 7. The first-order valence-corrected chi connectivity index (χ1v) is 8.49. The lowest BCUT2D eigenvalue weighted by Gasteiger charge is -2.31. The van der Waals surface area contributed by atoms with Crippen LogP contribution in [-0.4, -0.2) is 6.54 Å². The molecule has 1 heterocycles. The second-order valence-electron chi connectivity index (χ2n) is 5.49. The van der Waals surface area contributed by atoms with Crippen LogP contribution in [0.5, 0.6) is 0 Å². The molecule has 0 aliphatic carbocycles. The quantitative estimate of drug-likeness (QED) is 0.711. The average Bonchev–Trinajstić information content (AvgIpc) is 2.93. The molecule has 1 N–H and O–H groups in total. The van der Waals surface area contributed by atoms with Gasteiger partial charge in [0.15, 0.2) is 0 Å². The van der Waals surface area contributed by atoms with Crippen LogP contribution in [0, 0.1) is 5.92 Å². The Morgan fingerprint density at radius 3 is 2.38 bits per heavy atom. The first kappa shape index (κ1) is 16.3. The zero-order valence-corrected chi connectivity index (χ0v) is 14.6. The molecular weight excluding hydrogens is 326 g/mol. The van der Waals surface area contributed by atoms with Gasteiger partial charge in [-0.3, -0.25) is 0 Å². The fraction of sp³-hybridized carbons (Fsp3) is 0.444. The maximum absolute atomic E-state index is 5.77. The molecule has 0 fully saturated rings. The van der Waals surface area contributed by atoms with Gasteiger partial charge in [-0.15, -0.1) is 0 Å². The molecule has 1 aromatic carbocycles. The molecule has 3 unspecified atom stereocenters. The minimum atomic E-state index is 0.178. The molecule has 0 amide bonds. The van der Waals surface area contributed by atoms with Crippen molar-refractivity contribution in [1.29, 1.82) is 0 Å². The Hall–Kier alpha value is -1.06. The lowest BCUT2D eigenvalue weighted by molar-refractivity contribution is 0.302. The third-order valence-corrected chi connectivity index (χ3v) is 4.81. The Morgan fingerprint density at radius 1 is 1.14 bits per heavy atom. The predicted octanol–water partition coefficient (Wildman–Crippen LogP) is 5.52. The van der Waals surface area contributed by atoms with E-state index in [0.717, 1.165) is 23.2 Å². The lowest BCUT2D eigenvalue weighted by atomic mass is 9.79. The van der Waals surface area contributed by atoms with Gasteiger partial charge in [0.05, 0.1) is 16.8 Å². The Bertz CT molecular complexity index is 537. The Labute approximate surface area is 136 Å². The fourth-order valence-electron chi connectivity index (χ4n) is 2.91. The second kappa shape index (κ2) is 7.81. The Balaban J connectivity index is 2.43. The zero-order chi connectivity index (χ0) is 15.2. The highest BCUT2D eigenvalue weighted by molar-refractivity contribution is 9.10. The SMILES string of the molecule is CCNC(c1occc1Br)C(c1ccccc1)C(C)CC. The summed E-state index contributed by atoms with van der Waals surface area (Å²) in [4.78, 5) is 0. The van der Waals surface area contributed by atoms with E-state index in [1.165, 1.54) is 5.56 Å². The van der Waals surface area contributed by atoms with E-state index in [9.17, 15) is 0 Å². The van der Waals surface area contributed by atoms with Crippen molar-refractivity contribution in [3.63, 3.8) is 0 Å². The molecule has 0 saturated carbocycles. The van der Waals surface area contributed by atoms with Gasteiger partial charge in [-0.2, -0.15) is 0 Å². The highest BCUT2D eigenvalue weighted by atomic mass is 79.9. The standard InChI is InChI=1S/C18H24BrNO/c1-4-13(3)16(14-9-7-6-8-10-14)17(20-5-2)18-15(19)11-12-21-18/h6-13,16-17,20H,4-5H2,1-3H3. The molecule has 2 aromatic rings. The third kappa shape index (κ3) is 3.78. The van der Waals surface area contributed by atoms with Crippen LogP contribution in [-0.2, 0) is 0 Å². The van der Waals surface area contributed by atoms with E-state index in [1.54, 1.807) is 6.26 Å². The van der Waals surface area contributed by atoms with Crippen molar-refractivity contribution in [2.24, 2.45) is 5.92 Å². The summed E-state index contributed by atoms with van der Waals surface area (Å²) in [6, 6.07) is 12.9. The summed E-state index contributed by atoms with van der Waals surface area (Å²) in [6.45, 7) is 7.62.